The summed E-state index contributed by atoms with van der Waals surface area (Å²) in [5, 5.41) is 9.27. The van der Waals surface area contributed by atoms with E-state index in [1.165, 1.54) is 24.3 Å². The van der Waals surface area contributed by atoms with Gasteiger partial charge in [-0.25, -0.2) is 0 Å². The molecule has 3 nitrogen and oxygen atoms in total. The van der Waals surface area contributed by atoms with Gasteiger partial charge in [-0.2, -0.15) is 5.26 Å². The van der Waals surface area contributed by atoms with E-state index in [9.17, 15) is 18.4 Å². The van der Waals surface area contributed by atoms with Crippen molar-refractivity contribution < 1.29 is 17.9 Å². The second kappa shape index (κ2) is 8.05. The third kappa shape index (κ3) is 5.09. The first-order valence-corrected chi connectivity index (χ1v) is 8.18. The summed E-state index contributed by atoms with van der Waals surface area (Å²) in [5.74, 6) is 0.0211. The van der Waals surface area contributed by atoms with Crippen LogP contribution in [0.25, 0.3) is 11.1 Å². The standard InChI is InChI=1S/C20H19F3N2O/c1-4-13(2)12-25-19-10-15(11-24)9-18(14(19)3)16-5-7-17(8-6-16)26-20(21,22)23/h5-10,12-13H,4H2,1-3H3/b25-12-. The Morgan fingerprint density at radius 2 is 1.88 bits per heavy atom. The fourth-order valence-electron chi connectivity index (χ4n) is 2.35. The van der Waals surface area contributed by atoms with E-state index in [1.807, 2.05) is 20.1 Å². The van der Waals surface area contributed by atoms with Crippen LogP contribution in [-0.4, -0.2) is 12.6 Å². The molecule has 0 heterocycles. The molecule has 0 radical (unpaired) electrons. The van der Waals surface area contributed by atoms with Crippen molar-refractivity contribution in [1.82, 2.24) is 0 Å². The van der Waals surface area contributed by atoms with Crippen molar-refractivity contribution >= 4 is 11.9 Å². The number of halogens is 3. The van der Waals surface area contributed by atoms with Crippen LogP contribution in [0, 0.1) is 24.2 Å². The normalized spacial score (nSPS) is 12.8. The molecular weight excluding hydrogens is 341 g/mol. The number of nitrogens with zero attached hydrogens (tertiary/aromatic N) is 2. The molecule has 0 bridgehead atoms. The molecule has 0 spiro atoms. The molecule has 2 aromatic carbocycles. The number of alkyl halides is 3. The Bertz CT molecular complexity index is 834. The maximum absolute atomic E-state index is 12.3. The van der Waals surface area contributed by atoms with Crippen LogP contribution in [-0.2, 0) is 0 Å². The number of rotatable bonds is 5. The SMILES string of the molecule is CCC(C)/C=N\c1cc(C#N)cc(-c2ccc(OC(F)(F)F)cc2)c1C. The topological polar surface area (TPSA) is 45.4 Å². The summed E-state index contributed by atoms with van der Waals surface area (Å²) in [7, 11) is 0. The van der Waals surface area contributed by atoms with Gasteiger partial charge in [-0.15, -0.1) is 13.2 Å². The molecule has 0 aliphatic heterocycles. The van der Waals surface area contributed by atoms with E-state index >= 15 is 0 Å². The quantitative estimate of drug-likeness (QED) is 0.598. The molecule has 0 aliphatic carbocycles. The summed E-state index contributed by atoms with van der Waals surface area (Å²) in [6.45, 7) is 5.98. The van der Waals surface area contributed by atoms with Crippen LogP contribution < -0.4 is 4.74 Å². The Morgan fingerprint density at radius 3 is 2.42 bits per heavy atom. The highest BCUT2D eigenvalue weighted by atomic mass is 19.4. The molecule has 2 rings (SSSR count). The van der Waals surface area contributed by atoms with Gasteiger partial charge in [-0.1, -0.05) is 26.0 Å². The molecule has 0 aromatic heterocycles. The monoisotopic (exact) mass is 360 g/mol. The zero-order chi connectivity index (χ0) is 19.3. The molecule has 0 fully saturated rings. The summed E-state index contributed by atoms with van der Waals surface area (Å²) in [5.41, 5.74) is 3.41. The van der Waals surface area contributed by atoms with Crippen LogP contribution in [0.5, 0.6) is 5.75 Å². The van der Waals surface area contributed by atoms with Crippen molar-refractivity contribution in [3.63, 3.8) is 0 Å². The van der Waals surface area contributed by atoms with Gasteiger partial charge >= 0.3 is 6.36 Å². The van der Waals surface area contributed by atoms with E-state index in [0.717, 1.165) is 17.5 Å². The van der Waals surface area contributed by atoms with E-state index in [1.54, 1.807) is 12.1 Å². The first-order chi connectivity index (χ1) is 12.2. The van der Waals surface area contributed by atoms with Crippen molar-refractivity contribution in [2.45, 2.75) is 33.6 Å². The summed E-state index contributed by atoms with van der Waals surface area (Å²) >= 11 is 0. The Kier molecular flexibility index (Phi) is 6.04. The number of nitriles is 1. The Morgan fingerprint density at radius 1 is 1.23 bits per heavy atom. The van der Waals surface area contributed by atoms with E-state index in [-0.39, 0.29) is 5.75 Å². The highest BCUT2D eigenvalue weighted by molar-refractivity contribution is 5.77. The van der Waals surface area contributed by atoms with Crippen LogP contribution in [0.15, 0.2) is 41.4 Å². The molecule has 6 heteroatoms. The number of ether oxygens (including phenoxy) is 1. The van der Waals surface area contributed by atoms with Gasteiger partial charge in [0.05, 0.1) is 17.3 Å². The Hall–Kier alpha value is -2.81. The molecular formula is C20H19F3N2O. The first-order valence-electron chi connectivity index (χ1n) is 8.18. The van der Waals surface area contributed by atoms with Gasteiger partial charge < -0.3 is 4.74 Å². The van der Waals surface area contributed by atoms with Crippen LogP contribution >= 0.6 is 0 Å². The van der Waals surface area contributed by atoms with Gasteiger partial charge in [-0.3, -0.25) is 4.99 Å². The number of hydrogen-bond acceptors (Lipinski definition) is 3. The zero-order valence-corrected chi connectivity index (χ0v) is 14.8. The number of benzene rings is 2. The molecule has 0 aliphatic rings. The fraction of sp³-hybridized carbons (Fsp3) is 0.300. The van der Waals surface area contributed by atoms with E-state index < -0.39 is 6.36 Å². The predicted molar refractivity (Wildman–Crippen MR) is 95.6 cm³/mol. The minimum atomic E-state index is -4.73. The maximum Gasteiger partial charge on any atom is 0.573 e. The van der Waals surface area contributed by atoms with Gasteiger partial charge in [0.25, 0.3) is 0 Å². The third-order valence-electron chi connectivity index (χ3n) is 4.02. The summed E-state index contributed by atoms with van der Waals surface area (Å²) in [6.07, 6.45) is -1.93. The highest BCUT2D eigenvalue weighted by Crippen LogP contribution is 2.33. The average molecular weight is 360 g/mol. The molecule has 26 heavy (non-hydrogen) atoms. The van der Waals surface area contributed by atoms with Crippen LogP contribution in [0.3, 0.4) is 0 Å². The van der Waals surface area contributed by atoms with Crippen molar-refractivity contribution in [3.05, 3.63) is 47.5 Å². The third-order valence-corrected chi connectivity index (χ3v) is 4.02. The van der Waals surface area contributed by atoms with Gasteiger partial charge in [0.15, 0.2) is 0 Å². The Labute approximate surface area is 150 Å². The predicted octanol–water partition coefficient (Wildman–Crippen LogP) is 6.18. The second-order valence-corrected chi connectivity index (χ2v) is 6.02. The zero-order valence-electron chi connectivity index (χ0n) is 14.8. The fourth-order valence-corrected chi connectivity index (χ4v) is 2.35. The maximum atomic E-state index is 12.3. The van der Waals surface area contributed by atoms with E-state index in [0.29, 0.717) is 22.7 Å². The molecule has 1 atom stereocenters. The molecule has 0 N–H and O–H groups in total. The molecule has 0 saturated carbocycles. The van der Waals surface area contributed by atoms with Crippen LogP contribution in [0.1, 0.15) is 31.4 Å². The largest absolute Gasteiger partial charge is 0.573 e. The van der Waals surface area contributed by atoms with Crippen LogP contribution in [0.2, 0.25) is 0 Å². The minimum Gasteiger partial charge on any atom is -0.406 e. The molecule has 2 aromatic rings. The lowest BCUT2D eigenvalue weighted by Gasteiger charge is -2.12. The van der Waals surface area contributed by atoms with E-state index in [4.69, 9.17) is 0 Å². The van der Waals surface area contributed by atoms with Gasteiger partial charge in [0, 0.05) is 6.21 Å². The van der Waals surface area contributed by atoms with Gasteiger partial charge in [0.2, 0.25) is 0 Å². The summed E-state index contributed by atoms with van der Waals surface area (Å²) in [4.78, 5) is 4.49. The van der Waals surface area contributed by atoms with Crippen LogP contribution in [0.4, 0.5) is 18.9 Å². The lowest BCUT2D eigenvalue weighted by molar-refractivity contribution is -0.274. The summed E-state index contributed by atoms with van der Waals surface area (Å²) < 4.78 is 40.7. The number of aliphatic imine (C=N–C) groups is 1. The smallest absolute Gasteiger partial charge is 0.406 e. The molecule has 1 unspecified atom stereocenters. The lowest BCUT2D eigenvalue weighted by atomic mass is 9.96. The average Bonchev–Trinajstić information content (AvgIpc) is 2.60. The highest BCUT2D eigenvalue weighted by Gasteiger charge is 2.31. The van der Waals surface area contributed by atoms with Crippen molar-refractivity contribution in [2.24, 2.45) is 10.9 Å². The summed E-state index contributed by atoms with van der Waals surface area (Å²) in [6, 6.07) is 11.1. The minimum absolute atomic E-state index is 0.287. The van der Waals surface area contributed by atoms with Crippen molar-refractivity contribution in [3.8, 4) is 22.9 Å². The lowest BCUT2D eigenvalue weighted by Crippen LogP contribution is -2.16. The molecule has 0 saturated heterocycles. The van der Waals surface area contributed by atoms with E-state index in [2.05, 4.69) is 22.7 Å². The molecule has 136 valence electrons. The molecule has 0 amide bonds. The van der Waals surface area contributed by atoms with Gasteiger partial charge in [0.1, 0.15) is 5.75 Å². The van der Waals surface area contributed by atoms with Gasteiger partial charge in [-0.05, 0) is 60.2 Å². The van der Waals surface area contributed by atoms with Crippen molar-refractivity contribution in [2.75, 3.05) is 0 Å². The number of hydrogen-bond donors (Lipinski definition) is 0. The van der Waals surface area contributed by atoms with Crippen molar-refractivity contribution in [1.29, 1.82) is 5.26 Å². The Balaban J connectivity index is 2.42. The first kappa shape index (κ1) is 19.5. The second-order valence-electron chi connectivity index (χ2n) is 6.02.